The number of rotatable bonds is 9. The number of piperidine rings is 1. The van der Waals surface area contributed by atoms with Crippen molar-refractivity contribution >= 4 is 38.4 Å². The molecule has 0 aliphatic carbocycles. The Bertz CT molecular complexity index is 1390. The molecule has 0 saturated carbocycles. The van der Waals surface area contributed by atoms with Crippen LogP contribution in [0.25, 0.3) is 22.0 Å². The van der Waals surface area contributed by atoms with Crippen LogP contribution in [0.5, 0.6) is 0 Å². The standard InChI is InChI=1S/C27H35N5O4S/c1-18(33)30-22-7-5-19(6-8-22)21-15-23-25(17-29-26(23)24(16-21)27(28)34)20-9-12-32(13-10-20)37(35,36)14-4-11-31(2)3/h5-8,15-17,20,29H,4,9-14H2,1-3H3,(H2,28,34)(H,30,33). The van der Waals surface area contributed by atoms with Gasteiger partial charge in [-0.3, -0.25) is 9.59 Å². The Kier molecular flexibility index (Phi) is 8.01. The predicted molar refractivity (Wildman–Crippen MR) is 147 cm³/mol. The second-order valence-electron chi connectivity index (χ2n) is 9.96. The minimum Gasteiger partial charge on any atom is -0.366 e. The molecule has 1 fully saturated rings. The summed E-state index contributed by atoms with van der Waals surface area (Å²) < 4.78 is 27.2. The molecule has 3 aromatic rings. The van der Waals surface area contributed by atoms with Gasteiger partial charge in [-0.15, -0.1) is 0 Å². The Labute approximate surface area is 218 Å². The van der Waals surface area contributed by atoms with Crippen LogP contribution >= 0.6 is 0 Å². The van der Waals surface area contributed by atoms with Crippen LogP contribution < -0.4 is 11.1 Å². The average Bonchev–Trinajstić information content (AvgIpc) is 3.27. The Hall–Kier alpha value is -3.21. The van der Waals surface area contributed by atoms with E-state index in [2.05, 4.69) is 10.3 Å². The van der Waals surface area contributed by atoms with E-state index in [1.54, 1.807) is 10.4 Å². The molecule has 9 nitrogen and oxygen atoms in total. The van der Waals surface area contributed by atoms with Crippen molar-refractivity contribution in [1.82, 2.24) is 14.2 Å². The highest BCUT2D eigenvalue weighted by molar-refractivity contribution is 7.89. The smallest absolute Gasteiger partial charge is 0.250 e. The van der Waals surface area contributed by atoms with Crippen LogP contribution in [0, 0.1) is 0 Å². The number of aromatic nitrogens is 1. The number of benzene rings is 2. The maximum Gasteiger partial charge on any atom is 0.250 e. The van der Waals surface area contributed by atoms with Crippen LogP contribution in [0.15, 0.2) is 42.6 Å². The zero-order chi connectivity index (χ0) is 26.7. The number of H-pyrrole nitrogens is 1. The zero-order valence-electron chi connectivity index (χ0n) is 21.6. The van der Waals surface area contributed by atoms with E-state index in [0.717, 1.165) is 28.6 Å². The van der Waals surface area contributed by atoms with E-state index in [4.69, 9.17) is 5.73 Å². The van der Waals surface area contributed by atoms with Gasteiger partial charge in [-0.25, -0.2) is 12.7 Å². The Morgan fingerprint density at radius 2 is 1.78 bits per heavy atom. The van der Waals surface area contributed by atoms with Gasteiger partial charge in [0.15, 0.2) is 0 Å². The topological polar surface area (TPSA) is 129 Å². The van der Waals surface area contributed by atoms with Crippen molar-refractivity contribution in [2.24, 2.45) is 5.73 Å². The number of nitrogens with one attached hydrogen (secondary N) is 2. The highest BCUT2D eigenvalue weighted by Crippen LogP contribution is 2.37. The molecular weight excluding hydrogens is 490 g/mol. The minimum atomic E-state index is -3.27. The molecule has 0 atom stereocenters. The Morgan fingerprint density at radius 1 is 1.11 bits per heavy atom. The molecule has 2 heterocycles. The molecule has 1 aromatic heterocycles. The van der Waals surface area contributed by atoms with Gasteiger partial charge in [0, 0.05) is 37.3 Å². The molecule has 1 aliphatic heterocycles. The number of aromatic amines is 1. The van der Waals surface area contributed by atoms with Gasteiger partial charge in [-0.1, -0.05) is 12.1 Å². The summed E-state index contributed by atoms with van der Waals surface area (Å²) in [6, 6.07) is 11.2. The van der Waals surface area contributed by atoms with Gasteiger partial charge in [0.25, 0.3) is 5.91 Å². The van der Waals surface area contributed by atoms with Gasteiger partial charge in [0.1, 0.15) is 0 Å². The summed E-state index contributed by atoms with van der Waals surface area (Å²) in [7, 11) is 0.605. The number of nitrogens with two attached hydrogens (primary N) is 1. The minimum absolute atomic E-state index is 0.144. The van der Waals surface area contributed by atoms with Gasteiger partial charge in [0.2, 0.25) is 15.9 Å². The molecular formula is C27H35N5O4S. The third-order valence-corrected chi connectivity index (χ3v) is 8.88. The maximum atomic E-state index is 12.8. The largest absolute Gasteiger partial charge is 0.366 e. The van der Waals surface area contributed by atoms with Crippen LogP contribution in [-0.2, 0) is 14.8 Å². The fraction of sp³-hybridized carbons (Fsp3) is 0.407. The molecule has 0 radical (unpaired) electrons. The molecule has 2 amide bonds. The molecule has 4 N–H and O–H groups in total. The van der Waals surface area contributed by atoms with E-state index in [1.165, 1.54) is 6.92 Å². The molecule has 0 spiro atoms. The summed E-state index contributed by atoms with van der Waals surface area (Å²) in [4.78, 5) is 28.9. The molecule has 10 heteroatoms. The number of primary amides is 1. The second kappa shape index (κ2) is 11.0. The first-order chi connectivity index (χ1) is 17.5. The van der Waals surface area contributed by atoms with Gasteiger partial charge in [0.05, 0.1) is 16.8 Å². The van der Waals surface area contributed by atoms with Gasteiger partial charge in [-0.05, 0) is 86.8 Å². The molecule has 2 aromatic carbocycles. The zero-order valence-corrected chi connectivity index (χ0v) is 22.4. The van der Waals surface area contributed by atoms with Crippen molar-refractivity contribution in [1.29, 1.82) is 0 Å². The number of fused-ring (bicyclic) bond motifs is 1. The van der Waals surface area contributed by atoms with Crippen molar-refractivity contribution in [2.75, 3.05) is 44.8 Å². The van der Waals surface area contributed by atoms with Crippen LogP contribution in [-0.4, -0.2) is 73.9 Å². The number of carbonyl (C=O) groups excluding carboxylic acids is 2. The van der Waals surface area contributed by atoms with Gasteiger partial charge >= 0.3 is 0 Å². The summed E-state index contributed by atoms with van der Waals surface area (Å²) in [5.74, 6) is -0.335. The number of nitrogens with zero attached hydrogens (tertiary/aromatic N) is 2. The fourth-order valence-electron chi connectivity index (χ4n) is 5.04. The third kappa shape index (κ3) is 6.20. The van der Waals surface area contributed by atoms with Crippen molar-refractivity contribution in [3.05, 3.63) is 53.7 Å². The second-order valence-corrected chi connectivity index (χ2v) is 12.0. The number of amides is 2. The summed E-state index contributed by atoms with van der Waals surface area (Å²) in [6.07, 6.45) is 3.96. The van der Waals surface area contributed by atoms with E-state index in [1.807, 2.05) is 55.5 Å². The Balaban J connectivity index is 1.58. The summed E-state index contributed by atoms with van der Waals surface area (Å²) in [6.45, 7) is 3.16. The lowest BCUT2D eigenvalue weighted by molar-refractivity contribution is -0.114. The van der Waals surface area contributed by atoms with Crippen molar-refractivity contribution in [2.45, 2.75) is 32.1 Å². The first kappa shape index (κ1) is 26.8. The lowest BCUT2D eigenvalue weighted by Gasteiger charge is -2.31. The SMILES string of the molecule is CC(=O)Nc1ccc(-c2cc(C(N)=O)c3[nH]cc(C4CCN(S(=O)(=O)CCCN(C)C)CC4)c3c2)cc1. The van der Waals surface area contributed by atoms with E-state index in [9.17, 15) is 18.0 Å². The van der Waals surface area contributed by atoms with E-state index >= 15 is 0 Å². The van der Waals surface area contributed by atoms with E-state index in [-0.39, 0.29) is 17.6 Å². The van der Waals surface area contributed by atoms with Gasteiger partial charge in [-0.2, -0.15) is 0 Å². The number of hydrogen-bond donors (Lipinski definition) is 3. The average molecular weight is 526 g/mol. The quantitative estimate of drug-likeness (QED) is 0.395. The number of sulfonamides is 1. The summed E-state index contributed by atoms with van der Waals surface area (Å²) in [5.41, 5.74) is 10.3. The fourth-order valence-corrected chi connectivity index (χ4v) is 6.56. The number of carbonyl (C=O) groups is 2. The lowest BCUT2D eigenvalue weighted by Crippen LogP contribution is -2.39. The van der Waals surface area contributed by atoms with E-state index in [0.29, 0.717) is 49.1 Å². The lowest BCUT2D eigenvalue weighted by atomic mass is 9.88. The van der Waals surface area contributed by atoms with E-state index < -0.39 is 15.9 Å². The molecule has 37 heavy (non-hydrogen) atoms. The van der Waals surface area contributed by atoms with Crippen LogP contribution in [0.4, 0.5) is 5.69 Å². The van der Waals surface area contributed by atoms with Crippen molar-refractivity contribution in [3.8, 4) is 11.1 Å². The Morgan fingerprint density at radius 3 is 2.38 bits per heavy atom. The molecule has 4 rings (SSSR count). The third-order valence-electron chi connectivity index (χ3n) is 6.92. The normalized spacial score (nSPS) is 15.4. The summed E-state index contributed by atoms with van der Waals surface area (Å²) >= 11 is 0. The highest BCUT2D eigenvalue weighted by Gasteiger charge is 2.30. The van der Waals surface area contributed by atoms with Gasteiger partial charge < -0.3 is 20.9 Å². The predicted octanol–water partition coefficient (Wildman–Crippen LogP) is 3.35. The first-order valence-corrected chi connectivity index (χ1v) is 14.1. The maximum absolute atomic E-state index is 12.8. The molecule has 1 saturated heterocycles. The molecule has 0 bridgehead atoms. The molecule has 0 unspecified atom stereocenters. The highest BCUT2D eigenvalue weighted by atomic mass is 32.2. The number of anilines is 1. The van der Waals surface area contributed by atoms with Crippen LogP contribution in [0.3, 0.4) is 0 Å². The first-order valence-electron chi connectivity index (χ1n) is 12.5. The number of hydrogen-bond acceptors (Lipinski definition) is 5. The summed E-state index contributed by atoms with van der Waals surface area (Å²) in [5, 5.41) is 3.67. The monoisotopic (exact) mass is 525 g/mol. The van der Waals surface area contributed by atoms with Crippen molar-refractivity contribution in [3.63, 3.8) is 0 Å². The molecule has 198 valence electrons. The van der Waals surface area contributed by atoms with Crippen molar-refractivity contribution < 1.29 is 18.0 Å². The molecule has 1 aliphatic rings. The van der Waals surface area contributed by atoms with Crippen LogP contribution in [0.1, 0.15) is 48.0 Å². The van der Waals surface area contributed by atoms with Crippen LogP contribution in [0.2, 0.25) is 0 Å².